The van der Waals surface area contributed by atoms with Crippen molar-refractivity contribution in [3.8, 4) is 0 Å². The molecule has 98 valence electrons. The van der Waals surface area contributed by atoms with Crippen LogP contribution >= 0.6 is 0 Å². The second-order valence-electron chi connectivity index (χ2n) is 6.40. The molecule has 0 saturated carbocycles. The topological polar surface area (TPSA) is 23.6 Å². The molecule has 4 aliphatic heterocycles. The Morgan fingerprint density at radius 1 is 1.22 bits per heavy atom. The van der Waals surface area contributed by atoms with Gasteiger partial charge in [0.15, 0.2) is 0 Å². The van der Waals surface area contributed by atoms with E-state index in [-0.39, 0.29) is 0 Å². The van der Waals surface area contributed by atoms with Crippen molar-refractivity contribution in [2.24, 2.45) is 11.8 Å². The zero-order valence-corrected chi connectivity index (χ0v) is 10.9. The molecule has 0 bridgehead atoms. The van der Waals surface area contributed by atoms with Crippen LogP contribution in [0, 0.1) is 11.8 Å². The second kappa shape index (κ2) is 4.09. The van der Waals surface area contributed by atoms with Gasteiger partial charge in [0, 0.05) is 37.5 Å². The van der Waals surface area contributed by atoms with Crippen molar-refractivity contribution in [2.45, 2.75) is 44.2 Å². The molecule has 0 radical (unpaired) electrons. The fourth-order valence-electron chi connectivity index (χ4n) is 4.80. The van der Waals surface area contributed by atoms with Gasteiger partial charge in [0.2, 0.25) is 5.91 Å². The van der Waals surface area contributed by atoms with Crippen LogP contribution in [0.2, 0.25) is 0 Å². The number of amides is 1. The van der Waals surface area contributed by atoms with Crippen molar-refractivity contribution in [1.82, 2.24) is 9.80 Å². The minimum atomic E-state index is 0.417. The van der Waals surface area contributed by atoms with Gasteiger partial charge in [-0.3, -0.25) is 9.69 Å². The third-order valence-corrected chi connectivity index (χ3v) is 5.50. The van der Waals surface area contributed by atoms with Gasteiger partial charge in [0.05, 0.1) is 0 Å². The van der Waals surface area contributed by atoms with Gasteiger partial charge in [-0.05, 0) is 38.1 Å². The highest BCUT2D eigenvalue weighted by Gasteiger charge is 2.49. The number of hydrogen-bond donors (Lipinski definition) is 0. The van der Waals surface area contributed by atoms with E-state index in [0.717, 1.165) is 37.9 Å². The molecule has 0 aromatic heterocycles. The van der Waals surface area contributed by atoms with Gasteiger partial charge in [-0.25, -0.2) is 0 Å². The monoisotopic (exact) mass is 246 g/mol. The van der Waals surface area contributed by atoms with Crippen molar-refractivity contribution in [1.29, 1.82) is 0 Å². The molecule has 4 aliphatic rings. The summed E-state index contributed by atoms with van der Waals surface area (Å²) < 4.78 is 0. The maximum absolute atomic E-state index is 12.2. The molecular formula is C15H22N2O. The number of fused-ring (bicyclic) bond motifs is 2. The zero-order valence-electron chi connectivity index (χ0n) is 10.9. The fraction of sp³-hybridized carbons (Fsp3) is 0.800. The molecule has 0 unspecified atom stereocenters. The first-order chi connectivity index (χ1) is 8.84. The van der Waals surface area contributed by atoms with Gasteiger partial charge in [-0.15, -0.1) is 0 Å². The first-order valence-corrected chi connectivity index (χ1v) is 7.55. The standard InChI is InChI=1S/C15H22N2O/c18-14-7-1-6-13-12-5-3-9-16-8-2-4-11(15(12)16)10-17(13)14/h3,5,11-13,15H,1-2,4,6-10H2/t11-,12+,13+,15+/m0/s1. The van der Waals surface area contributed by atoms with Crippen LogP contribution < -0.4 is 0 Å². The Morgan fingerprint density at radius 3 is 3.11 bits per heavy atom. The number of rotatable bonds is 0. The van der Waals surface area contributed by atoms with Gasteiger partial charge in [-0.2, -0.15) is 0 Å². The number of nitrogens with zero attached hydrogens (tertiary/aromatic N) is 2. The number of carbonyl (C=O) groups is 1. The van der Waals surface area contributed by atoms with Gasteiger partial charge in [0.25, 0.3) is 0 Å². The first kappa shape index (κ1) is 11.0. The van der Waals surface area contributed by atoms with Crippen molar-refractivity contribution >= 4 is 5.91 Å². The van der Waals surface area contributed by atoms with E-state index in [9.17, 15) is 4.79 Å². The second-order valence-corrected chi connectivity index (χ2v) is 6.40. The third-order valence-electron chi connectivity index (χ3n) is 5.50. The summed E-state index contributed by atoms with van der Waals surface area (Å²) >= 11 is 0. The van der Waals surface area contributed by atoms with E-state index in [0.29, 0.717) is 17.9 Å². The number of carbonyl (C=O) groups excluding carboxylic acids is 1. The number of hydrogen-bond acceptors (Lipinski definition) is 2. The Hall–Kier alpha value is -0.830. The van der Waals surface area contributed by atoms with E-state index < -0.39 is 0 Å². The quantitative estimate of drug-likeness (QED) is 0.607. The summed E-state index contributed by atoms with van der Waals surface area (Å²) in [5.41, 5.74) is 0. The third kappa shape index (κ3) is 1.49. The van der Waals surface area contributed by atoms with E-state index in [1.165, 1.54) is 25.8 Å². The lowest BCUT2D eigenvalue weighted by Gasteiger charge is -2.56. The Kier molecular flexibility index (Phi) is 2.51. The molecule has 4 heterocycles. The maximum Gasteiger partial charge on any atom is 0.222 e. The van der Waals surface area contributed by atoms with Crippen LogP contribution in [0.3, 0.4) is 0 Å². The van der Waals surface area contributed by atoms with Gasteiger partial charge in [-0.1, -0.05) is 12.2 Å². The van der Waals surface area contributed by atoms with Gasteiger partial charge >= 0.3 is 0 Å². The molecule has 0 aromatic carbocycles. The highest BCUT2D eigenvalue weighted by molar-refractivity contribution is 5.77. The average molecular weight is 246 g/mol. The van der Waals surface area contributed by atoms with Crippen LogP contribution in [0.5, 0.6) is 0 Å². The molecular weight excluding hydrogens is 224 g/mol. The fourth-order valence-corrected chi connectivity index (χ4v) is 4.80. The maximum atomic E-state index is 12.2. The molecule has 18 heavy (non-hydrogen) atoms. The lowest BCUT2D eigenvalue weighted by molar-refractivity contribution is -0.146. The van der Waals surface area contributed by atoms with Crippen LogP contribution in [-0.4, -0.2) is 47.4 Å². The molecule has 0 aliphatic carbocycles. The van der Waals surface area contributed by atoms with Crippen LogP contribution in [-0.2, 0) is 4.79 Å². The Labute approximate surface area is 109 Å². The predicted octanol–water partition coefficient (Wildman–Crippen LogP) is 1.65. The minimum Gasteiger partial charge on any atom is -0.339 e. The van der Waals surface area contributed by atoms with E-state index in [1.54, 1.807) is 0 Å². The molecule has 1 amide bonds. The molecule has 3 saturated heterocycles. The van der Waals surface area contributed by atoms with Crippen LogP contribution in [0.1, 0.15) is 32.1 Å². The molecule has 3 fully saturated rings. The van der Waals surface area contributed by atoms with E-state index in [1.807, 2.05) is 0 Å². The van der Waals surface area contributed by atoms with Gasteiger partial charge in [0.1, 0.15) is 0 Å². The van der Waals surface area contributed by atoms with E-state index in [4.69, 9.17) is 0 Å². The van der Waals surface area contributed by atoms with E-state index >= 15 is 0 Å². The smallest absolute Gasteiger partial charge is 0.222 e. The highest BCUT2D eigenvalue weighted by atomic mass is 16.2. The Morgan fingerprint density at radius 2 is 2.17 bits per heavy atom. The summed E-state index contributed by atoms with van der Waals surface area (Å²) in [5.74, 6) is 1.76. The van der Waals surface area contributed by atoms with Crippen molar-refractivity contribution in [3.05, 3.63) is 12.2 Å². The van der Waals surface area contributed by atoms with Crippen molar-refractivity contribution in [3.63, 3.8) is 0 Å². The van der Waals surface area contributed by atoms with Crippen LogP contribution in [0.4, 0.5) is 0 Å². The van der Waals surface area contributed by atoms with Crippen molar-refractivity contribution < 1.29 is 4.79 Å². The molecule has 0 aromatic rings. The molecule has 3 nitrogen and oxygen atoms in total. The molecule has 0 spiro atoms. The lowest BCUT2D eigenvalue weighted by atomic mass is 9.70. The van der Waals surface area contributed by atoms with Gasteiger partial charge < -0.3 is 4.90 Å². The van der Waals surface area contributed by atoms with Crippen LogP contribution in [0.25, 0.3) is 0 Å². The predicted molar refractivity (Wildman–Crippen MR) is 70.1 cm³/mol. The summed E-state index contributed by atoms with van der Waals surface area (Å²) in [6.45, 7) is 3.44. The van der Waals surface area contributed by atoms with Crippen LogP contribution in [0.15, 0.2) is 12.2 Å². The first-order valence-electron chi connectivity index (χ1n) is 7.55. The lowest BCUT2D eigenvalue weighted by Crippen LogP contribution is -2.65. The van der Waals surface area contributed by atoms with E-state index in [2.05, 4.69) is 22.0 Å². The summed E-state index contributed by atoms with van der Waals surface area (Å²) in [5, 5.41) is 0. The Balaban J connectivity index is 1.70. The van der Waals surface area contributed by atoms with Crippen molar-refractivity contribution in [2.75, 3.05) is 19.6 Å². The highest BCUT2D eigenvalue weighted by Crippen LogP contribution is 2.42. The zero-order chi connectivity index (χ0) is 12.1. The normalized spacial score (nSPS) is 43.6. The SMILES string of the molecule is O=C1CCC[C@@H]2[C@H]3C=CCN4CCC[C@@H](CN12)[C@H]34. The molecule has 4 rings (SSSR count). The number of piperidine rings is 3. The molecule has 0 N–H and O–H groups in total. The molecule has 3 heteroatoms. The average Bonchev–Trinajstić information content (AvgIpc) is 2.41. The summed E-state index contributed by atoms with van der Waals surface area (Å²) in [7, 11) is 0. The largest absolute Gasteiger partial charge is 0.339 e. The summed E-state index contributed by atoms with van der Waals surface area (Å²) in [6.07, 6.45) is 10.5. The Bertz CT molecular complexity index is 392. The summed E-state index contributed by atoms with van der Waals surface area (Å²) in [4.78, 5) is 17.1. The summed E-state index contributed by atoms with van der Waals surface area (Å²) in [6, 6.07) is 1.24. The molecule has 4 atom stereocenters. The minimum absolute atomic E-state index is 0.417.